The van der Waals surface area contributed by atoms with Crippen molar-refractivity contribution < 1.29 is 4.79 Å². The summed E-state index contributed by atoms with van der Waals surface area (Å²) >= 11 is 0. The number of amides is 1. The summed E-state index contributed by atoms with van der Waals surface area (Å²) in [5, 5.41) is 3.03. The quantitative estimate of drug-likeness (QED) is 0.533. The lowest BCUT2D eigenvalue weighted by atomic mass is 9.94. The normalized spacial score (nSPS) is 12.7. The molecule has 0 radical (unpaired) electrons. The molecule has 0 aliphatic carbocycles. The number of hydrogen-bond acceptors (Lipinski definition) is 2. The van der Waals surface area contributed by atoms with Crippen LogP contribution in [0.1, 0.15) is 72.1 Å². The third-order valence-corrected chi connectivity index (χ3v) is 3.58. The van der Waals surface area contributed by atoms with Gasteiger partial charge in [0.2, 0.25) is 5.91 Å². The molecule has 114 valence electrons. The first-order valence-electron chi connectivity index (χ1n) is 8.06. The predicted octanol–water partition coefficient (Wildman–Crippen LogP) is 3.47. The number of carbonyl (C=O) groups is 1. The average Bonchev–Trinajstić information content (AvgIpc) is 2.35. The van der Waals surface area contributed by atoms with Crippen molar-refractivity contribution in [1.29, 1.82) is 0 Å². The lowest BCUT2D eigenvalue weighted by Gasteiger charge is -2.14. The van der Waals surface area contributed by atoms with Gasteiger partial charge in [0, 0.05) is 13.0 Å². The monoisotopic (exact) mass is 270 g/mol. The standard InChI is InChI=1S/C16H34N2O/c1-4-7-15(11-12-17)9-10-16(19)18-13-6-5-8-14(2)3/h14-15H,4-13,17H2,1-3H3,(H,18,19). The van der Waals surface area contributed by atoms with Crippen LogP contribution < -0.4 is 11.1 Å². The van der Waals surface area contributed by atoms with Gasteiger partial charge >= 0.3 is 0 Å². The molecule has 3 N–H and O–H groups in total. The van der Waals surface area contributed by atoms with E-state index < -0.39 is 0 Å². The van der Waals surface area contributed by atoms with Crippen molar-refractivity contribution >= 4 is 5.91 Å². The molecule has 0 aliphatic rings. The molecular weight excluding hydrogens is 236 g/mol. The SMILES string of the molecule is CCCC(CCN)CCC(=O)NCCCCC(C)C. The van der Waals surface area contributed by atoms with E-state index in [1.165, 1.54) is 25.7 Å². The number of nitrogens with two attached hydrogens (primary N) is 1. The fraction of sp³-hybridized carbons (Fsp3) is 0.938. The van der Waals surface area contributed by atoms with Crippen LogP contribution >= 0.6 is 0 Å². The van der Waals surface area contributed by atoms with E-state index in [0.29, 0.717) is 12.3 Å². The van der Waals surface area contributed by atoms with E-state index in [1.807, 2.05) is 0 Å². The Morgan fingerprint density at radius 3 is 2.42 bits per heavy atom. The fourth-order valence-corrected chi connectivity index (χ4v) is 2.41. The van der Waals surface area contributed by atoms with E-state index in [0.717, 1.165) is 38.3 Å². The van der Waals surface area contributed by atoms with Crippen molar-refractivity contribution in [2.45, 2.75) is 72.1 Å². The van der Waals surface area contributed by atoms with Crippen LogP contribution in [0.3, 0.4) is 0 Å². The van der Waals surface area contributed by atoms with Gasteiger partial charge in [-0.3, -0.25) is 4.79 Å². The number of nitrogens with one attached hydrogen (secondary N) is 1. The van der Waals surface area contributed by atoms with E-state index in [9.17, 15) is 4.79 Å². The third-order valence-electron chi connectivity index (χ3n) is 3.58. The van der Waals surface area contributed by atoms with Crippen LogP contribution in [0.2, 0.25) is 0 Å². The van der Waals surface area contributed by atoms with Gasteiger partial charge in [-0.25, -0.2) is 0 Å². The molecule has 0 saturated carbocycles. The summed E-state index contributed by atoms with van der Waals surface area (Å²) in [4.78, 5) is 11.7. The lowest BCUT2D eigenvalue weighted by molar-refractivity contribution is -0.121. The van der Waals surface area contributed by atoms with Crippen LogP contribution in [-0.4, -0.2) is 19.0 Å². The van der Waals surface area contributed by atoms with Crippen molar-refractivity contribution in [3.05, 3.63) is 0 Å². The smallest absolute Gasteiger partial charge is 0.220 e. The van der Waals surface area contributed by atoms with Gasteiger partial charge in [0.1, 0.15) is 0 Å². The van der Waals surface area contributed by atoms with E-state index in [2.05, 4.69) is 26.1 Å². The summed E-state index contributed by atoms with van der Waals surface area (Å²) in [6.07, 6.45) is 8.65. The first-order valence-corrected chi connectivity index (χ1v) is 8.06. The van der Waals surface area contributed by atoms with Crippen LogP contribution in [0.25, 0.3) is 0 Å². The zero-order valence-corrected chi connectivity index (χ0v) is 13.2. The van der Waals surface area contributed by atoms with Crippen molar-refractivity contribution in [2.75, 3.05) is 13.1 Å². The minimum absolute atomic E-state index is 0.211. The molecule has 0 aromatic rings. The number of hydrogen-bond donors (Lipinski definition) is 2. The maximum Gasteiger partial charge on any atom is 0.220 e. The maximum atomic E-state index is 11.7. The predicted molar refractivity (Wildman–Crippen MR) is 83.0 cm³/mol. The average molecular weight is 270 g/mol. The highest BCUT2D eigenvalue weighted by atomic mass is 16.1. The molecule has 3 nitrogen and oxygen atoms in total. The van der Waals surface area contributed by atoms with Crippen molar-refractivity contribution in [2.24, 2.45) is 17.6 Å². The molecule has 19 heavy (non-hydrogen) atoms. The van der Waals surface area contributed by atoms with Crippen LogP contribution in [0.5, 0.6) is 0 Å². The Labute approximate surface area is 119 Å². The maximum absolute atomic E-state index is 11.7. The Morgan fingerprint density at radius 1 is 1.11 bits per heavy atom. The summed E-state index contributed by atoms with van der Waals surface area (Å²) < 4.78 is 0. The fourth-order valence-electron chi connectivity index (χ4n) is 2.41. The van der Waals surface area contributed by atoms with Crippen LogP contribution in [-0.2, 0) is 4.79 Å². The lowest BCUT2D eigenvalue weighted by Crippen LogP contribution is -2.25. The first kappa shape index (κ1) is 18.4. The molecular formula is C16H34N2O. The van der Waals surface area contributed by atoms with Crippen molar-refractivity contribution in [1.82, 2.24) is 5.32 Å². The minimum atomic E-state index is 0.211. The highest BCUT2D eigenvalue weighted by Crippen LogP contribution is 2.16. The first-order chi connectivity index (χ1) is 9.10. The van der Waals surface area contributed by atoms with Gasteiger partial charge in [0.15, 0.2) is 0 Å². The summed E-state index contributed by atoms with van der Waals surface area (Å²) in [7, 11) is 0. The van der Waals surface area contributed by atoms with Gasteiger partial charge in [-0.2, -0.15) is 0 Å². The van der Waals surface area contributed by atoms with Crippen LogP contribution in [0.15, 0.2) is 0 Å². The summed E-state index contributed by atoms with van der Waals surface area (Å²) in [5.41, 5.74) is 5.60. The van der Waals surface area contributed by atoms with Crippen molar-refractivity contribution in [3.8, 4) is 0 Å². The molecule has 0 fully saturated rings. The Bertz CT molecular complexity index is 211. The van der Waals surface area contributed by atoms with Gasteiger partial charge in [-0.1, -0.05) is 46.5 Å². The molecule has 0 aliphatic heterocycles. The number of unbranched alkanes of at least 4 members (excludes halogenated alkanes) is 1. The topological polar surface area (TPSA) is 55.1 Å². The van der Waals surface area contributed by atoms with Crippen LogP contribution in [0, 0.1) is 11.8 Å². The highest BCUT2D eigenvalue weighted by molar-refractivity contribution is 5.75. The van der Waals surface area contributed by atoms with Gasteiger partial charge < -0.3 is 11.1 Å². The molecule has 1 unspecified atom stereocenters. The molecule has 0 aromatic heterocycles. The zero-order valence-electron chi connectivity index (χ0n) is 13.2. The molecule has 0 spiro atoms. The zero-order chi connectivity index (χ0) is 14.5. The van der Waals surface area contributed by atoms with Gasteiger partial charge in [0.05, 0.1) is 0 Å². The van der Waals surface area contributed by atoms with Gasteiger partial charge in [-0.15, -0.1) is 0 Å². The molecule has 0 bridgehead atoms. The summed E-state index contributed by atoms with van der Waals surface area (Å²) in [6.45, 7) is 8.24. The molecule has 1 amide bonds. The molecule has 1 atom stereocenters. The second-order valence-electron chi connectivity index (χ2n) is 6.01. The van der Waals surface area contributed by atoms with Gasteiger partial charge in [0.25, 0.3) is 0 Å². The Kier molecular flexibility index (Phi) is 12.1. The molecule has 3 heteroatoms. The summed E-state index contributed by atoms with van der Waals surface area (Å²) in [5.74, 6) is 1.60. The molecule has 0 aromatic carbocycles. The Morgan fingerprint density at radius 2 is 1.84 bits per heavy atom. The molecule has 0 saturated heterocycles. The molecule has 0 rings (SSSR count). The van der Waals surface area contributed by atoms with E-state index >= 15 is 0 Å². The van der Waals surface area contributed by atoms with E-state index in [4.69, 9.17) is 5.73 Å². The Hall–Kier alpha value is -0.570. The second kappa shape index (κ2) is 12.5. The van der Waals surface area contributed by atoms with Gasteiger partial charge in [-0.05, 0) is 37.6 Å². The van der Waals surface area contributed by atoms with Crippen LogP contribution in [0.4, 0.5) is 0 Å². The molecule has 0 heterocycles. The minimum Gasteiger partial charge on any atom is -0.356 e. The van der Waals surface area contributed by atoms with Crippen molar-refractivity contribution in [3.63, 3.8) is 0 Å². The number of rotatable bonds is 12. The number of carbonyl (C=O) groups excluding carboxylic acids is 1. The van der Waals surface area contributed by atoms with E-state index in [-0.39, 0.29) is 5.91 Å². The largest absolute Gasteiger partial charge is 0.356 e. The van der Waals surface area contributed by atoms with E-state index in [1.54, 1.807) is 0 Å². The Balaban J connectivity index is 3.56. The second-order valence-corrected chi connectivity index (χ2v) is 6.01. The highest BCUT2D eigenvalue weighted by Gasteiger charge is 2.09. The third kappa shape index (κ3) is 12.2. The summed E-state index contributed by atoms with van der Waals surface area (Å²) in [6, 6.07) is 0.